The van der Waals surface area contributed by atoms with Crippen LogP contribution in [0.4, 0.5) is 8.78 Å². The van der Waals surface area contributed by atoms with Crippen LogP contribution in [0.5, 0.6) is 0 Å². The van der Waals surface area contributed by atoms with Crippen molar-refractivity contribution in [2.24, 2.45) is 0 Å². The van der Waals surface area contributed by atoms with E-state index in [-0.39, 0.29) is 12.6 Å². The second-order valence-electron chi connectivity index (χ2n) is 4.17. The zero-order chi connectivity index (χ0) is 15.0. The number of nitrogens with one attached hydrogen (secondary N) is 1. The zero-order valence-electron chi connectivity index (χ0n) is 11.2. The maximum absolute atomic E-state index is 11.9. The summed E-state index contributed by atoms with van der Waals surface area (Å²) < 4.78 is 28.4. The molecule has 0 aliphatic carbocycles. The number of esters is 1. The van der Waals surface area contributed by atoms with E-state index in [2.05, 4.69) is 10.1 Å². The molecule has 1 saturated heterocycles. The first-order valence-corrected chi connectivity index (χ1v) is 6.40. The minimum Gasteiger partial charge on any atom is -0.460 e. The largest absolute Gasteiger partial charge is 0.460 e. The number of ether oxygens (including phenoxy) is 1. The fourth-order valence-corrected chi connectivity index (χ4v) is 1.71. The van der Waals surface area contributed by atoms with Gasteiger partial charge in [-0.05, 0) is 38.4 Å². The number of halogens is 2. The van der Waals surface area contributed by atoms with Gasteiger partial charge in [0.05, 0.1) is 12.6 Å². The summed E-state index contributed by atoms with van der Waals surface area (Å²) >= 11 is 0. The van der Waals surface area contributed by atoms with E-state index in [0.717, 1.165) is 25.5 Å². The molecule has 1 atom stereocenters. The Morgan fingerprint density at radius 3 is 2.40 bits per heavy atom. The molecule has 20 heavy (non-hydrogen) atoms. The first-order valence-electron chi connectivity index (χ1n) is 6.40. The lowest BCUT2D eigenvalue weighted by atomic mass is 10.1. The van der Waals surface area contributed by atoms with Crippen molar-refractivity contribution < 1.29 is 23.1 Å². The topological polar surface area (TPSA) is 55.4 Å². The predicted molar refractivity (Wildman–Crippen MR) is 69.0 cm³/mol. The second kappa shape index (κ2) is 8.37. The SMILES string of the molecule is CCOC(=O)C(=O)C1CCCN1.Fc1cccc(F)c1. The Kier molecular flexibility index (Phi) is 6.79. The molecule has 0 spiro atoms. The highest BCUT2D eigenvalue weighted by atomic mass is 19.1. The average Bonchev–Trinajstić information content (AvgIpc) is 2.92. The summed E-state index contributed by atoms with van der Waals surface area (Å²) in [6.45, 7) is 2.76. The molecule has 1 heterocycles. The minimum atomic E-state index is -0.711. The number of Topliss-reactive ketones (excluding diaryl/α,β-unsaturated/α-hetero) is 1. The number of carbonyl (C=O) groups is 2. The third-order valence-corrected chi connectivity index (χ3v) is 2.64. The van der Waals surface area contributed by atoms with Crippen molar-refractivity contribution in [3.63, 3.8) is 0 Å². The third kappa shape index (κ3) is 5.44. The molecule has 1 aliphatic heterocycles. The molecular formula is C14H17F2NO3. The van der Waals surface area contributed by atoms with Crippen molar-refractivity contribution in [2.75, 3.05) is 13.2 Å². The van der Waals surface area contributed by atoms with Crippen LogP contribution in [0, 0.1) is 11.6 Å². The van der Waals surface area contributed by atoms with Crippen LogP contribution in [0.15, 0.2) is 24.3 Å². The Morgan fingerprint density at radius 1 is 1.35 bits per heavy atom. The van der Waals surface area contributed by atoms with Gasteiger partial charge in [-0.15, -0.1) is 0 Å². The van der Waals surface area contributed by atoms with Crippen molar-refractivity contribution in [1.29, 1.82) is 0 Å². The van der Waals surface area contributed by atoms with E-state index in [1.807, 2.05) is 0 Å². The molecule has 1 N–H and O–H groups in total. The maximum atomic E-state index is 11.9. The normalized spacial score (nSPS) is 17.1. The van der Waals surface area contributed by atoms with Gasteiger partial charge in [-0.1, -0.05) is 6.07 Å². The van der Waals surface area contributed by atoms with Gasteiger partial charge in [-0.3, -0.25) is 4.79 Å². The van der Waals surface area contributed by atoms with Crippen molar-refractivity contribution in [3.8, 4) is 0 Å². The van der Waals surface area contributed by atoms with Gasteiger partial charge in [0.15, 0.2) is 0 Å². The highest BCUT2D eigenvalue weighted by molar-refractivity contribution is 6.35. The van der Waals surface area contributed by atoms with Crippen molar-refractivity contribution in [2.45, 2.75) is 25.8 Å². The van der Waals surface area contributed by atoms with E-state index in [4.69, 9.17) is 0 Å². The molecular weight excluding hydrogens is 268 g/mol. The van der Waals surface area contributed by atoms with Gasteiger partial charge >= 0.3 is 5.97 Å². The molecule has 1 unspecified atom stereocenters. The summed E-state index contributed by atoms with van der Waals surface area (Å²) in [6.07, 6.45) is 1.70. The molecule has 1 aromatic carbocycles. The molecule has 0 radical (unpaired) electrons. The van der Waals surface area contributed by atoms with Gasteiger partial charge in [0, 0.05) is 6.07 Å². The van der Waals surface area contributed by atoms with Gasteiger partial charge in [0.1, 0.15) is 11.6 Å². The van der Waals surface area contributed by atoms with Gasteiger partial charge < -0.3 is 10.1 Å². The lowest BCUT2D eigenvalue weighted by Gasteiger charge is -2.06. The summed E-state index contributed by atoms with van der Waals surface area (Å²) in [4.78, 5) is 22.1. The summed E-state index contributed by atoms with van der Waals surface area (Å²) in [5, 5.41) is 2.95. The quantitative estimate of drug-likeness (QED) is 0.680. The van der Waals surface area contributed by atoms with E-state index in [9.17, 15) is 18.4 Å². The van der Waals surface area contributed by atoms with Crippen LogP contribution in [-0.2, 0) is 14.3 Å². The lowest BCUT2D eigenvalue weighted by molar-refractivity contribution is -0.154. The Bertz CT molecular complexity index is 442. The third-order valence-electron chi connectivity index (χ3n) is 2.64. The van der Waals surface area contributed by atoms with Gasteiger partial charge in [0.25, 0.3) is 5.78 Å². The molecule has 1 fully saturated rings. The van der Waals surface area contributed by atoms with Crippen LogP contribution >= 0.6 is 0 Å². The van der Waals surface area contributed by atoms with E-state index in [0.29, 0.717) is 0 Å². The number of rotatable bonds is 3. The first-order chi connectivity index (χ1) is 9.54. The van der Waals surface area contributed by atoms with Gasteiger partial charge in [-0.25, -0.2) is 13.6 Å². The van der Waals surface area contributed by atoms with Crippen molar-refractivity contribution >= 4 is 11.8 Å². The molecule has 2 rings (SSSR count). The Balaban J connectivity index is 0.000000217. The Hall–Kier alpha value is -1.82. The molecule has 0 aromatic heterocycles. The fraction of sp³-hybridized carbons (Fsp3) is 0.429. The van der Waals surface area contributed by atoms with Crippen LogP contribution in [0.25, 0.3) is 0 Å². The first kappa shape index (κ1) is 16.2. The summed E-state index contributed by atoms with van der Waals surface area (Å²) in [6, 6.07) is 4.25. The molecule has 4 nitrogen and oxygen atoms in total. The second-order valence-corrected chi connectivity index (χ2v) is 4.17. The predicted octanol–water partition coefficient (Wildman–Crippen LogP) is 1.84. The molecule has 0 amide bonds. The molecule has 110 valence electrons. The van der Waals surface area contributed by atoms with Gasteiger partial charge in [-0.2, -0.15) is 0 Å². The number of ketones is 1. The summed E-state index contributed by atoms with van der Waals surface area (Å²) in [7, 11) is 0. The van der Waals surface area contributed by atoms with Crippen LogP contribution in [0.3, 0.4) is 0 Å². The van der Waals surface area contributed by atoms with E-state index in [1.54, 1.807) is 6.92 Å². The summed E-state index contributed by atoms with van der Waals surface area (Å²) in [5.41, 5.74) is 0. The highest BCUT2D eigenvalue weighted by Gasteiger charge is 2.28. The van der Waals surface area contributed by atoms with Crippen LogP contribution < -0.4 is 5.32 Å². The van der Waals surface area contributed by atoms with Crippen molar-refractivity contribution in [3.05, 3.63) is 35.9 Å². The van der Waals surface area contributed by atoms with E-state index < -0.39 is 23.4 Å². The Morgan fingerprint density at radius 2 is 2.00 bits per heavy atom. The molecule has 1 aliphatic rings. The smallest absolute Gasteiger partial charge is 0.376 e. The molecule has 0 bridgehead atoms. The number of carbonyl (C=O) groups excluding carboxylic acids is 2. The molecule has 1 aromatic rings. The average molecular weight is 285 g/mol. The molecule has 6 heteroatoms. The maximum Gasteiger partial charge on any atom is 0.376 e. The van der Waals surface area contributed by atoms with Crippen molar-refractivity contribution in [1.82, 2.24) is 5.32 Å². The van der Waals surface area contributed by atoms with Gasteiger partial charge in [0.2, 0.25) is 0 Å². The fourth-order valence-electron chi connectivity index (χ4n) is 1.71. The molecule has 0 saturated carbocycles. The number of hydrogen-bond acceptors (Lipinski definition) is 4. The Labute approximate surface area is 116 Å². The highest BCUT2D eigenvalue weighted by Crippen LogP contribution is 2.06. The number of hydrogen-bond donors (Lipinski definition) is 1. The standard InChI is InChI=1S/C8H13NO3.C6H4F2/c1-2-12-8(11)7(10)6-4-3-5-9-6;7-5-2-1-3-6(8)4-5/h6,9H,2-5H2,1H3;1-4H. The number of benzene rings is 1. The van der Waals surface area contributed by atoms with Crippen LogP contribution in [-0.4, -0.2) is 30.9 Å². The summed E-state index contributed by atoms with van der Waals surface area (Å²) in [5.74, 6) is -2.22. The monoisotopic (exact) mass is 285 g/mol. The lowest BCUT2D eigenvalue weighted by Crippen LogP contribution is -2.36. The van der Waals surface area contributed by atoms with Crippen LogP contribution in [0.2, 0.25) is 0 Å². The zero-order valence-corrected chi connectivity index (χ0v) is 11.2. The van der Waals surface area contributed by atoms with Crippen LogP contribution in [0.1, 0.15) is 19.8 Å². The van der Waals surface area contributed by atoms with E-state index in [1.165, 1.54) is 18.2 Å². The minimum absolute atomic E-state index is 0.261. The van der Waals surface area contributed by atoms with E-state index >= 15 is 0 Å².